The van der Waals surface area contributed by atoms with Gasteiger partial charge >= 0.3 is 6.03 Å². The molecule has 0 aromatic heterocycles. The predicted octanol–water partition coefficient (Wildman–Crippen LogP) is 3.05. The number of carbonyl (C=O) groups is 3. The van der Waals surface area contributed by atoms with Crippen LogP contribution in [0.1, 0.15) is 15.9 Å². The number of hydrogen-bond acceptors (Lipinski definition) is 6. The highest BCUT2D eigenvalue weighted by molar-refractivity contribution is 8.14. The molecule has 4 rings (SSSR count). The molecule has 0 aliphatic carbocycles. The summed E-state index contributed by atoms with van der Waals surface area (Å²) >= 11 is 7.18. The van der Waals surface area contributed by atoms with E-state index in [-0.39, 0.29) is 17.4 Å². The second-order valence-corrected chi connectivity index (χ2v) is 8.70. The fraction of sp³-hybridized carbons (Fsp3) is 0.273. The van der Waals surface area contributed by atoms with Crippen molar-refractivity contribution in [3.05, 3.63) is 70.7 Å². The van der Waals surface area contributed by atoms with Gasteiger partial charge in [-0.25, -0.2) is 9.79 Å². The van der Waals surface area contributed by atoms with E-state index in [1.165, 1.54) is 16.7 Å². The van der Waals surface area contributed by atoms with Crippen molar-refractivity contribution in [1.29, 1.82) is 0 Å². The number of halogens is 1. The molecule has 2 atom stereocenters. The summed E-state index contributed by atoms with van der Waals surface area (Å²) in [6.07, 6.45) is 0.102. The number of carbonyl (C=O) groups excluding carboxylic acids is 3. The maximum absolute atomic E-state index is 12.6. The van der Waals surface area contributed by atoms with Gasteiger partial charge in [0.25, 0.3) is 5.91 Å². The van der Waals surface area contributed by atoms with Crippen molar-refractivity contribution in [3.63, 3.8) is 0 Å². The number of fused-ring (bicyclic) bond motifs is 1. The Hall–Kier alpha value is -2.84. The lowest BCUT2D eigenvalue weighted by molar-refractivity contribution is -0.127. The van der Waals surface area contributed by atoms with Crippen LogP contribution in [0.5, 0.6) is 0 Å². The number of thioether (sulfide) groups is 1. The van der Waals surface area contributed by atoms with Crippen molar-refractivity contribution in [2.24, 2.45) is 4.99 Å². The Morgan fingerprint density at radius 1 is 1.13 bits per heavy atom. The zero-order chi connectivity index (χ0) is 22.0. The van der Waals surface area contributed by atoms with Crippen LogP contribution < -0.4 is 5.32 Å². The topological polar surface area (TPSA) is 82.1 Å². The highest BCUT2D eigenvalue weighted by atomic mass is 35.5. The number of nitrogens with zero attached hydrogens (tertiary/aromatic N) is 3. The van der Waals surface area contributed by atoms with E-state index in [4.69, 9.17) is 11.6 Å². The molecule has 2 aliphatic rings. The first kappa shape index (κ1) is 21.4. The number of rotatable bonds is 6. The maximum atomic E-state index is 12.6. The lowest BCUT2D eigenvalue weighted by Gasteiger charge is -2.36. The smallest absolute Gasteiger partial charge is 0.325 e. The summed E-state index contributed by atoms with van der Waals surface area (Å²) in [6, 6.07) is 15.6. The summed E-state index contributed by atoms with van der Waals surface area (Å²) in [7, 11) is 1.62. The Morgan fingerprint density at radius 2 is 1.84 bits per heavy atom. The fourth-order valence-corrected chi connectivity index (χ4v) is 4.71. The summed E-state index contributed by atoms with van der Waals surface area (Å²) in [5.41, 5.74) is 1.70. The summed E-state index contributed by atoms with van der Waals surface area (Å²) in [4.78, 5) is 45.3. The van der Waals surface area contributed by atoms with Gasteiger partial charge < -0.3 is 9.80 Å². The standard InChI is InChI=1S/C22H21ClN4O3S/c1-26-19-18(20(29)25-21(26)30)27(12-11-14-5-3-2-4-6-14)22(24-19)31-13-17(28)15-7-9-16(23)10-8-15/h2-10,18-19H,11-13H2,1H3,(H,25,29,30). The Labute approximate surface area is 189 Å². The van der Waals surface area contributed by atoms with Crippen molar-refractivity contribution in [1.82, 2.24) is 15.1 Å². The molecule has 3 amide bonds. The lowest BCUT2D eigenvalue weighted by Crippen LogP contribution is -2.63. The number of hydrogen-bond donors (Lipinski definition) is 1. The molecule has 160 valence electrons. The Kier molecular flexibility index (Phi) is 6.29. The zero-order valence-corrected chi connectivity index (χ0v) is 18.4. The minimum absolute atomic E-state index is 0.0591. The molecule has 0 radical (unpaired) electrons. The third-order valence-corrected chi connectivity index (χ3v) is 6.56. The van der Waals surface area contributed by atoms with Crippen LogP contribution in [-0.2, 0) is 11.2 Å². The average molecular weight is 457 g/mol. The molecule has 7 nitrogen and oxygen atoms in total. The Balaban J connectivity index is 1.51. The number of imide groups is 1. The van der Waals surface area contributed by atoms with Crippen molar-refractivity contribution < 1.29 is 14.4 Å². The monoisotopic (exact) mass is 456 g/mol. The third kappa shape index (κ3) is 4.60. The van der Waals surface area contributed by atoms with Crippen molar-refractivity contribution >= 4 is 46.3 Å². The second-order valence-electron chi connectivity index (χ2n) is 7.32. The van der Waals surface area contributed by atoms with Crippen LogP contribution in [0.25, 0.3) is 0 Å². The van der Waals surface area contributed by atoms with Crippen LogP contribution in [-0.4, -0.2) is 64.2 Å². The van der Waals surface area contributed by atoms with Crippen molar-refractivity contribution in [2.75, 3.05) is 19.3 Å². The van der Waals surface area contributed by atoms with Crippen LogP contribution in [0.2, 0.25) is 5.02 Å². The van der Waals surface area contributed by atoms with E-state index in [1.54, 1.807) is 31.3 Å². The summed E-state index contributed by atoms with van der Waals surface area (Å²) in [5, 5.41) is 3.55. The molecule has 2 aliphatic heterocycles. The fourth-order valence-electron chi connectivity index (χ4n) is 3.60. The quantitative estimate of drug-likeness (QED) is 0.675. The van der Waals surface area contributed by atoms with Gasteiger partial charge in [0.1, 0.15) is 0 Å². The molecule has 1 fully saturated rings. The van der Waals surface area contributed by atoms with E-state index in [9.17, 15) is 14.4 Å². The van der Waals surface area contributed by atoms with Crippen LogP contribution in [0, 0.1) is 0 Å². The molecule has 31 heavy (non-hydrogen) atoms. The largest absolute Gasteiger partial charge is 0.335 e. The first-order valence-electron chi connectivity index (χ1n) is 9.81. The zero-order valence-electron chi connectivity index (χ0n) is 16.8. The number of benzene rings is 2. The molecule has 2 unspecified atom stereocenters. The first-order chi connectivity index (χ1) is 14.9. The maximum Gasteiger partial charge on any atom is 0.325 e. The molecule has 0 bridgehead atoms. The molecule has 1 saturated heterocycles. The highest BCUT2D eigenvalue weighted by Crippen LogP contribution is 2.29. The van der Waals surface area contributed by atoms with Gasteiger partial charge in [-0.15, -0.1) is 0 Å². The number of Topliss-reactive ketones (excluding diaryl/α,β-unsaturated/α-hetero) is 1. The van der Waals surface area contributed by atoms with Crippen LogP contribution in [0.15, 0.2) is 59.6 Å². The van der Waals surface area contributed by atoms with E-state index in [2.05, 4.69) is 10.3 Å². The van der Waals surface area contributed by atoms with Gasteiger partial charge in [-0.2, -0.15) is 0 Å². The van der Waals surface area contributed by atoms with Gasteiger partial charge in [-0.05, 0) is 36.2 Å². The summed E-state index contributed by atoms with van der Waals surface area (Å²) in [6.45, 7) is 0.543. The van der Waals surface area contributed by atoms with Crippen LogP contribution >= 0.6 is 23.4 Å². The van der Waals surface area contributed by atoms with E-state index in [1.807, 2.05) is 35.2 Å². The number of amidine groups is 1. The van der Waals surface area contributed by atoms with Crippen molar-refractivity contribution in [3.8, 4) is 0 Å². The van der Waals surface area contributed by atoms with Gasteiger partial charge in [0.05, 0.1) is 5.75 Å². The van der Waals surface area contributed by atoms with E-state index in [0.717, 1.165) is 5.56 Å². The molecule has 2 aromatic carbocycles. The molecule has 1 N–H and O–H groups in total. The molecule has 2 aromatic rings. The Bertz CT molecular complexity index is 1030. The van der Waals surface area contributed by atoms with E-state index < -0.39 is 18.2 Å². The summed E-state index contributed by atoms with van der Waals surface area (Å²) in [5.74, 6) is -0.262. The number of likely N-dealkylation sites (N-methyl/N-ethyl adjacent to an activating group) is 1. The molecular weight excluding hydrogens is 436 g/mol. The minimum Gasteiger partial charge on any atom is -0.335 e. The van der Waals surface area contributed by atoms with Crippen molar-refractivity contribution in [2.45, 2.75) is 18.6 Å². The van der Waals surface area contributed by atoms with Gasteiger partial charge in [0.15, 0.2) is 23.2 Å². The van der Waals surface area contributed by atoms with Crippen LogP contribution in [0.3, 0.4) is 0 Å². The molecule has 2 heterocycles. The number of aliphatic imine (C=N–C) groups is 1. The predicted molar refractivity (Wildman–Crippen MR) is 121 cm³/mol. The van der Waals surface area contributed by atoms with Gasteiger partial charge in [-0.1, -0.05) is 53.7 Å². The van der Waals surface area contributed by atoms with E-state index >= 15 is 0 Å². The number of urea groups is 1. The number of ketones is 1. The minimum atomic E-state index is -0.612. The van der Waals surface area contributed by atoms with Gasteiger partial charge in [-0.3, -0.25) is 14.9 Å². The Morgan fingerprint density at radius 3 is 2.55 bits per heavy atom. The average Bonchev–Trinajstić information content (AvgIpc) is 3.15. The SMILES string of the molecule is CN1C(=O)NC(=O)C2C1N=C(SCC(=O)c1ccc(Cl)cc1)N2CCc1ccccc1. The normalized spacial score (nSPS) is 20.4. The summed E-state index contributed by atoms with van der Waals surface area (Å²) < 4.78 is 0. The van der Waals surface area contributed by atoms with Gasteiger partial charge in [0, 0.05) is 24.2 Å². The number of amides is 3. The second kappa shape index (κ2) is 9.11. The van der Waals surface area contributed by atoms with E-state index in [0.29, 0.717) is 28.7 Å². The molecule has 0 saturated carbocycles. The first-order valence-corrected chi connectivity index (χ1v) is 11.2. The molecule has 0 spiro atoms. The lowest BCUT2D eigenvalue weighted by atomic mass is 10.1. The highest BCUT2D eigenvalue weighted by Gasteiger charge is 2.48. The van der Waals surface area contributed by atoms with Gasteiger partial charge in [0.2, 0.25) is 0 Å². The van der Waals surface area contributed by atoms with Crippen LogP contribution in [0.4, 0.5) is 4.79 Å². The molecule has 9 heteroatoms. The molecular formula is C22H21ClN4O3S. The third-order valence-electron chi connectivity index (χ3n) is 5.31. The number of nitrogens with one attached hydrogen (secondary N) is 1.